The molecule has 0 saturated carbocycles. The van der Waals surface area contributed by atoms with Gasteiger partial charge in [-0.25, -0.2) is 0 Å². The van der Waals surface area contributed by atoms with Gasteiger partial charge in [0.05, 0.1) is 0 Å². The molecule has 1 heterocycles. The minimum absolute atomic E-state index is 0.535. The number of rotatable bonds is 7. The largest absolute Gasteiger partial charge is 0.488 e. The van der Waals surface area contributed by atoms with Crippen LogP contribution in [0.4, 0.5) is 5.69 Å². The molecule has 0 spiro atoms. The summed E-state index contributed by atoms with van der Waals surface area (Å²) in [7, 11) is 0. The van der Waals surface area contributed by atoms with Gasteiger partial charge in [0.2, 0.25) is 0 Å². The number of hydrogen-bond acceptors (Lipinski definition) is 3. The second kappa shape index (κ2) is 8.78. The normalized spacial score (nSPS) is 10.8. The standard InChI is InChI=1S/C26H26N2O/c1-3-28(4-2)24-16-17-27-18-23(24)26-22-13-9-8-12-21(22)14-15-25(26)29-19-20-10-6-5-7-11-20/h5-18H,3-4,19H2,1-2H3. The predicted octanol–water partition coefficient (Wildman–Crippen LogP) is 6.33. The molecule has 29 heavy (non-hydrogen) atoms. The maximum absolute atomic E-state index is 6.34. The van der Waals surface area contributed by atoms with Gasteiger partial charge in [-0.1, -0.05) is 60.7 Å². The van der Waals surface area contributed by atoms with Crippen molar-refractivity contribution in [3.8, 4) is 16.9 Å². The van der Waals surface area contributed by atoms with Gasteiger partial charge in [0.25, 0.3) is 0 Å². The van der Waals surface area contributed by atoms with Crippen LogP contribution in [0.2, 0.25) is 0 Å². The van der Waals surface area contributed by atoms with Crippen LogP contribution in [-0.2, 0) is 6.61 Å². The fraction of sp³-hybridized carbons (Fsp3) is 0.192. The first kappa shape index (κ1) is 19.0. The van der Waals surface area contributed by atoms with Gasteiger partial charge < -0.3 is 9.64 Å². The molecular formula is C26H26N2O. The minimum Gasteiger partial charge on any atom is -0.488 e. The first-order valence-corrected chi connectivity index (χ1v) is 10.2. The fourth-order valence-corrected chi connectivity index (χ4v) is 3.80. The summed E-state index contributed by atoms with van der Waals surface area (Å²) in [5.74, 6) is 0.883. The van der Waals surface area contributed by atoms with E-state index < -0.39 is 0 Å². The Bertz CT molecular complexity index is 1090. The van der Waals surface area contributed by atoms with E-state index in [0.29, 0.717) is 6.61 Å². The quantitative estimate of drug-likeness (QED) is 0.373. The SMILES string of the molecule is CCN(CC)c1ccncc1-c1c(OCc2ccccc2)ccc2ccccc12. The zero-order valence-electron chi connectivity index (χ0n) is 17.0. The Kier molecular flexibility index (Phi) is 5.76. The molecule has 3 heteroatoms. The van der Waals surface area contributed by atoms with Crippen molar-refractivity contribution in [1.82, 2.24) is 4.98 Å². The maximum Gasteiger partial charge on any atom is 0.128 e. The average molecular weight is 383 g/mol. The number of nitrogens with zero attached hydrogens (tertiary/aromatic N) is 2. The summed E-state index contributed by atoms with van der Waals surface area (Å²) in [4.78, 5) is 6.82. The summed E-state index contributed by atoms with van der Waals surface area (Å²) in [6.45, 7) is 6.79. The third-order valence-electron chi connectivity index (χ3n) is 5.30. The van der Waals surface area contributed by atoms with E-state index in [1.54, 1.807) is 0 Å². The second-order valence-corrected chi connectivity index (χ2v) is 7.00. The highest BCUT2D eigenvalue weighted by molar-refractivity contribution is 6.02. The summed E-state index contributed by atoms with van der Waals surface area (Å²) >= 11 is 0. The lowest BCUT2D eigenvalue weighted by Gasteiger charge is -2.25. The molecule has 1 aromatic heterocycles. The molecule has 0 fully saturated rings. The summed E-state index contributed by atoms with van der Waals surface area (Å²) in [6.07, 6.45) is 3.83. The van der Waals surface area contributed by atoms with Crippen molar-refractivity contribution in [1.29, 1.82) is 0 Å². The molecule has 0 radical (unpaired) electrons. The van der Waals surface area contributed by atoms with Crippen molar-refractivity contribution in [2.45, 2.75) is 20.5 Å². The lowest BCUT2D eigenvalue weighted by molar-refractivity contribution is 0.308. The molecule has 0 N–H and O–H groups in total. The molecule has 3 aromatic carbocycles. The Morgan fingerprint density at radius 3 is 2.38 bits per heavy atom. The summed E-state index contributed by atoms with van der Waals surface area (Å²) in [6, 6.07) is 25.1. The van der Waals surface area contributed by atoms with Crippen LogP contribution in [0.15, 0.2) is 85.2 Å². The van der Waals surface area contributed by atoms with Crippen molar-refractivity contribution in [3.63, 3.8) is 0 Å². The van der Waals surface area contributed by atoms with E-state index in [-0.39, 0.29) is 0 Å². The third-order valence-corrected chi connectivity index (χ3v) is 5.30. The van der Waals surface area contributed by atoms with Gasteiger partial charge in [0.15, 0.2) is 0 Å². The maximum atomic E-state index is 6.34. The van der Waals surface area contributed by atoms with Gasteiger partial charge in [-0.3, -0.25) is 4.98 Å². The number of benzene rings is 3. The van der Waals surface area contributed by atoms with Gasteiger partial charge >= 0.3 is 0 Å². The van der Waals surface area contributed by atoms with E-state index in [0.717, 1.165) is 35.5 Å². The number of pyridine rings is 1. The minimum atomic E-state index is 0.535. The van der Waals surface area contributed by atoms with Crippen molar-refractivity contribution in [3.05, 3.63) is 90.8 Å². The molecule has 0 saturated heterocycles. The highest BCUT2D eigenvalue weighted by Crippen LogP contribution is 2.41. The number of ether oxygens (including phenoxy) is 1. The first-order chi connectivity index (χ1) is 14.3. The second-order valence-electron chi connectivity index (χ2n) is 7.00. The van der Waals surface area contributed by atoms with Crippen LogP contribution in [0, 0.1) is 0 Å². The summed E-state index contributed by atoms with van der Waals surface area (Å²) < 4.78 is 6.34. The van der Waals surface area contributed by atoms with Gasteiger partial charge in [0, 0.05) is 42.3 Å². The lowest BCUT2D eigenvalue weighted by atomic mass is 9.96. The molecule has 3 nitrogen and oxygen atoms in total. The van der Waals surface area contributed by atoms with E-state index in [1.165, 1.54) is 16.5 Å². The van der Waals surface area contributed by atoms with Crippen molar-refractivity contribution >= 4 is 16.5 Å². The van der Waals surface area contributed by atoms with Gasteiger partial charge in [-0.15, -0.1) is 0 Å². The number of fused-ring (bicyclic) bond motifs is 1. The van der Waals surface area contributed by atoms with Crippen LogP contribution in [0.25, 0.3) is 21.9 Å². The molecule has 0 bridgehead atoms. The number of hydrogen-bond donors (Lipinski definition) is 0. The Morgan fingerprint density at radius 1 is 0.828 bits per heavy atom. The van der Waals surface area contributed by atoms with E-state index in [9.17, 15) is 0 Å². The molecule has 0 aliphatic carbocycles. The molecule has 0 atom stereocenters. The Balaban J connectivity index is 1.86. The topological polar surface area (TPSA) is 25.4 Å². The van der Waals surface area contributed by atoms with Gasteiger partial charge in [-0.2, -0.15) is 0 Å². The van der Waals surface area contributed by atoms with E-state index in [1.807, 2.05) is 30.6 Å². The molecule has 4 rings (SSSR count). The molecule has 0 aliphatic heterocycles. The molecule has 0 aliphatic rings. The van der Waals surface area contributed by atoms with E-state index in [4.69, 9.17) is 4.74 Å². The number of anilines is 1. The molecule has 146 valence electrons. The summed E-state index contributed by atoms with van der Waals surface area (Å²) in [5.41, 5.74) is 4.55. The average Bonchev–Trinajstić information content (AvgIpc) is 2.79. The van der Waals surface area contributed by atoms with Gasteiger partial charge in [-0.05, 0) is 42.3 Å². The third kappa shape index (κ3) is 3.95. The van der Waals surface area contributed by atoms with E-state index in [2.05, 4.69) is 78.3 Å². The van der Waals surface area contributed by atoms with Crippen LogP contribution in [0.1, 0.15) is 19.4 Å². The van der Waals surface area contributed by atoms with Crippen molar-refractivity contribution in [2.75, 3.05) is 18.0 Å². The lowest BCUT2D eigenvalue weighted by Crippen LogP contribution is -2.22. The number of aromatic nitrogens is 1. The molecular weight excluding hydrogens is 356 g/mol. The van der Waals surface area contributed by atoms with Gasteiger partial charge in [0.1, 0.15) is 12.4 Å². The fourth-order valence-electron chi connectivity index (χ4n) is 3.80. The molecule has 0 amide bonds. The van der Waals surface area contributed by atoms with Crippen molar-refractivity contribution in [2.24, 2.45) is 0 Å². The zero-order valence-corrected chi connectivity index (χ0v) is 17.0. The Labute approximate surface area is 172 Å². The van der Waals surface area contributed by atoms with Crippen LogP contribution < -0.4 is 9.64 Å². The Hall–Kier alpha value is -3.33. The summed E-state index contributed by atoms with van der Waals surface area (Å²) in [5, 5.41) is 2.38. The first-order valence-electron chi connectivity index (χ1n) is 10.2. The zero-order chi connectivity index (χ0) is 20.1. The molecule has 0 unspecified atom stereocenters. The van der Waals surface area contributed by atoms with Crippen LogP contribution >= 0.6 is 0 Å². The van der Waals surface area contributed by atoms with Crippen LogP contribution in [0.5, 0.6) is 5.75 Å². The smallest absolute Gasteiger partial charge is 0.128 e. The highest BCUT2D eigenvalue weighted by Gasteiger charge is 2.17. The Morgan fingerprint density at radius 2 is 1.59 bits per heavy atom. The van der Waals surface area contributed by atoms with E-state index >= 15 is 0 Å². The molecule has 4 aromatic rings. The van der Waals surface area contributed by atoms with Crippen LogP contribution in [0.3, 0.4) is 0 Å². The van der Waals surface area contributed by atoms with Crippen molar-refractivity contribution < 1.29 is 4.74 Å². The highest BCUT2D eigenvalue weighted by atomic mass is 16.5. The van der Waals surface area contributed by atoms with Crippen LogP contribution in [-0.4, -0.2) is 18.1 Å². The monoisotopic (exact) mass is 382 g/mol. The predicted molar refractivity (Wildman–Crippen MR) is 122 cm³/mol.